The Kier molecular flexibility index (Phi) is 4.48. The molecular weight excluding hydrogens is 297 g/mol. The minimum Gasteiger partial charge on any atom is -0.327 e. The maximum Gasteiger partial charge on any atom is 0.229 e. The van der Waals surface area contributed by atoms with Gasteiger partial charge in [-0.05, 0) is 37.0 Å². The number of anilines is 2. The van der Waals surface area contributed by atoms with Gasteiger partial charge in [-0.1, -0.05) is 0 Å². The lowest BCUT2D eigenvalue weighted by atomic mass is 10.1. The average Bonchev–Trinajstić information content (AvgIpc) is 3.15. The Morgan fingerprint density at radius 3 is 2.71 bits per heavy atom. The summed E-state index contributed by atoms with van der Waals surface area (Å²) in [5.74, 6) is -0.578. The highest BCUT2D eigenvalue weighted by Crippen LogP contribution is 2.33. The third-order valence-electron chi connectivity index (χ3n) is 3.19. The molecule has 4 N–H and O–H groups in total. The Labute approximate surface area is 123 Å². The van der Waals surface area contributed by atoms with Crippen LogP contribution in [0.25, 0.3) is 0 Å². The van der Waals surface area contributed by atoms with E-state index in [9.17, 15) is 17.6 Å². The van der Waals surface area contributed by atoms with Crippen molar-refractivity contribution in [2.75, 3.05) is 16.3 Å². The van der Waals surface area contributed by atoms with E-state index in [1.807, 2.05) is 0 Å². The molecule has 0 bridgehead atoms. The number of nitrogens with one attached hydrogen (secondary N) is 2. The number of nitrogens with two attached hydrogens (primary N) is 1. The van der Waals surface area contributed by atoms with Gasteiger partial charge in [-0.25, -0.2) is 12.8 Å². The highest BCUT2D eigenvalue weighted by atomic mass is 32.2. The Bertz CT molecular complexity index is 644. The first-order valence-corrected chi connectivity index (χ1v) is 8.46. The van der Waals surface area contributed by atoms with Gasteiger partial charge in [0.05, 0.1) is 11.9 Å². The predicted octanol–water partition coefficient (Wildman–Crippen LogP) is 1.26. The van der Waals surface area contributed by atoms with Gasteiger partial charge in [0.15, 0.2) is 0 Å². The number of benzene rings is 1. The van der Waals surface area contributed by atoms with Crippen molar-refractivity contribution in [1.82, 2.24) is 0 Å². The van der Waals surface area contributed by atoms with Crippen LogP contribution in [-0.4, -0.2) is 26.6 Å². The molecule has 1 atom stereocenters. The van der Waals surface area contributed by atoms with E-state index in [2.05, 4.69) is 10.0 Å². The van der Waals surface area contributed by atoms with Gasteiger partial charge >= 0.3 is 0 Å². The van der Waals surface area contributed by atoms with Crippen molar-refractivity contribution in [2.45, 2.75) is 25.3 Å². The molecule has 1 aromatic rings. The van der Waals surface area contributed by atoms with Crippen molar-refractivity contribution >= 4 is 27.3 Å². The Morgan fingerprint density at radius 2 is 2.14 bits per heavy atom. The van der Waals surface area contributed by atoms with E-state index in [1.165, 1.54) is 12.1 Å². The fraction of sp³-hybridized carbons (Fsp3) is 0.462. The second-order valence-corrected chi connectivity index (χ2v) is 7.07. The van der Waals surface area contributed by atoms with Gasteiger partial charge < -0.3 is 11.1 Å². The largest absolute Gasteiger partial charge is 0.327 e. The molecule has 116 valence electrons. The third kappa shape index (κ3) is 4.98. The number of carbonyl (C=O) groups excluding carboxylic acids is 1. The van der Waals surface area contributed by atoms with Crippen LogP contribution in [0.2, 0.25) is 0 Å². The van der Waals surface area contributed by atoms with Crippen LogP contribution in [0.5, 0.6) is 0 Å². The quantitative estimate of drug-likeness (QED) is 0.735. The van der Waals surface area contributed by atoms with E-state index in [4.69, 9.17) is 5.73 Å². The van der Waals surface area contributed by atoms with Crippen LogP contribution < -0.4 is 15.8 Å². The molecule has 1 saturated carbocycles. The molecule has 0 saturated heterocycles. The van der Waals surface area contributed by atoms with Crippen molar-refractivity contribution < 1.29 is 17.6 Å². The van der Waals surface area contributed by atoms with Crippen LogP contribution in [0.3, 0.4) is 0 Å². The molecule has 1 aliphatic rings. The van der Waals surface area contributed by atoms with Gasteiger partial charge in [0.25, 0.3) is 0 Å². The monoisotopic (exact) mass is 315 g/mol. The summed E-state index contributed by atoms with van der Waals surface area (Å²) in [7, 11) is -3.59. The average molecular weight is 315 g/mol. The van der Waals surface area contributed by atoms with Crippen molar-refractivity contribution in [3.05, 3.63) is 24.0 Å². The first-order chi connectivity index (χ1) is 9.74. The van der Waals surface area contributed by atoms with Crippen LogP contribution in [0.4, 0.5) is 15.8 Å². The fourth-order valence-corrected chi connectivity index (χ4v) is 2.55. The molecule has 1 fully saturated rings. The predicted molar refractivity (Wildman–Crippen MR) is 78.8 cm³/mol. The summed E-state index contributed by atoms with van der Waals surface area (Å²) in [6.07, 6.45) is 3.21. The number of sulfonamides is 1. The number of carbonyl (C=O) groups is 1. The smallest absolute Gasteiger partial charge is 0.229 e. The second-order valence-electron chi connectivity index (χ2n) is 5.32. The van der Waals surface area contributed by atoms with Crippen LogP contribution >= 0.6 is 0 Å². The zero-order valence-electron chi connectivity index (χ0n) is 11.6. The van der Waals surface area contributed by atoms with E-state index < -0.39 is 15.8 Å². The van der Waals surface area contributed by atoms with Crippen LogP contribution in [-0.2, 0) is 14.8 Å². The van der Waals surface area contributed by atoms with Gasteiger partial charge in [0.1, 0.15) is 5.82 Å². The molecule has 0 heterocycles. The fourth-order valence-electron chi connectivity index (χ4n) is 2.00. The van der Waals surface area contributed by atoms with E-state index in [1.54, 1.807) is 0 Å². The zero-order chi connectivity index (χ0) is 15.6. The summed E-state index contributed by atoms with van der Waals surface area (Å²) in [5.41, 5.74) is 5.97. The molecule has 0 aromatic heterocycles. The van der Waals surface area contributed by atoms with E-state index in [0.29, 0.717) is 11.6 Å². The normalized spacial score (nSPS) is 16.3. The molecule has 0 spiro atoms. The summed E-state index contributed by atoms with van der Waals surface area (Å²) >= 11 is 0. The first kappa shape index (κ1) is 15.7. The molecule has 8 heteroatoms. The van der Waals surface area contributed by atoms with Crippen LogP contribution in [0, 0.1) is 11.7 Å². The molecular formula is C13H18FN3O3S. The summed E-state index contributed by atoms with van der Waals surface area (Å²) in [5, 5.41) is 2.59. The van der Waals surface area contributed by atoms with Gasteiger partial charge in [-0.2, -0.15) is 0 Å². The maximum absolute atomic E-state index is 13.5. The van der Waals surface area contributed by atoms with Crippen LogP contribution in [0.15, 0.2) is 18.2 Å². The summed E-state index contributed by atoms with van der Waals surface area (Å²) in [6, 6.07) is 3.52. The van der Waals surface area contributed by atoms with Crippen molar-refractivity contribution in [1.29, 1.82) is 0 Å². The molecule has 1 amide bonds. The lowest BCUT2D eigenvalue weighted by molar-refractivity contribution is -0.116. The Morgan fingerprint density at radius 1 is 1.48 bits per heavy atom. The molecule has 1 unspecified atom stereocenters. The molecule has 2 rings (SSSR count). The first-order valence-electron chi connectivity index (χ1n) is 6.57. The SMILES string of the molecule is CS(=O)(=O)Nc1cc(NC(=O)CC(N)C2CC2)ccc1F. The number of hydrogen-bond acceptors (Lipinski definition) is 4. The molecule has 1 aromatic carbocycles. The van der Waals surface area contributed by atoms with Crippen molar-refractivity contribution in [3.63, 3.8) is 0 Å². The molecule has 6 nitrogen and oxygen atoms in total. The summed E-state index contributed by atoms with van der Waals surface area (Å²) < 4.78 is 37.8. The van der Waals surface area contributed by atoms with Gasteiger partial charge in [-0.3, -0.25) is 9.52 Å². The minimum atomic E-state index is -3.59. The summed E-state index contributed by atoms with van der Waals surface area (Å²) in [4.78, 5) is 11.8. The Hall–Kier alpha value is -1.67. The Balaban J connectivity index is 2.02. The van der Waals surface area contributed by atoms with Crippen molar-refractivity contribution in [3.8, 4) is 0 Å². The van der Waals surface area contributed by atoms with E-state index in [-0.39, 0.29) is 24.1 Å². The lowest BCUT2D eigenvalue weighted by Gasteiger charge is -2.12. The lowest BCUT2D eigenvalue weighted by Crippen LogP contribution is -2.28. The van der Waals surface area contributed by atoms with Crippen LogP contribution in [0.1, 0.15) is 19.3 Å². The zero-order valence-corrected chi connectivity index (χ0v) is 12.4. The third-order valence-corrected chi connectivity index (χ3v) is 3.78. The highest BCUT2D eigenvalue weighted by Gasteiger charge is 2.29. The standard InChI is InChI=1S/C13H18FN3O3S/c1-21(19,20)17-12-6-9(4-5-10(12)14)16-13(18)7-11(15)8-2-3-8/h4-6,8,11,17H,2-3,7,15H2,1H3,(H,16,18). The number of rotatable bonds is 6. The number of hydrogen-bond donors (Lipinski definition) is 3. The number of halogens is 1. The molecule has 1 aliphatic carbocycles. The van der Waals surface area contributed by atoms with Gasteiger partial charge in [-0.15, -0.1) is 0 Å². The highest BCUT2D eigenvalue weighted by molar-refractivity contribution is 7.92. The van der Waals surface area contributed by atoms with E-state index >= 15 is 0 Å². The van der Waals surface area contributed by atoms with E-state index in [0.717, 1.165) is 25.2 Å². The second kappa shape index (κ2) is 5.98. The topological polar surface area (TPSA) is 101 Å². The minimum absolute atomic E-state index is 0.168. The van der Waals surface area contributed by atoms with Crippen molar-refractivity contribution in [2.24, 2.45) is 11.7 Å². The summed E-state index contributed by atoms with van der Waals surface area (Å²) in [6.45, 7) is 0. The molecule has 0 radical (unpaired) electrons. The molecule has 0 aliphatic heterocycles. The van der Waals surface area contributed by atoms with Gasteiger partial charge in [0.2, 0.25) is 15.9 Å². The maximum atomic E-state index is 13.5. The van der Waals surface area contributed by atoms with Gasteiger partial charge in [0, 0.05) is 18.2 Å². The molecule has 21 heavy (non-hydrogen) atoms. The number of amides is 1.